The first-order valence-electron chi connectivity index (χ1n) is 5.06. The highest BCUT2D eigenvalue weighted by Crippen LogP contribution is 2.09. The lowest BCUT2D eigenvalue weighted by atomic mass is 10.1. The van der Waals surface area contributed by atoms with Crippen LogP contribution in [0.2, 0.25) is 0 Å². The molecule has 1 fully saturated rings. The summed E-state index contributed by atoms with van der Waals surface area (Å²) in [4.78, 5) is 0. The fraction of sp³-hybridized carbons (Fsp3) is 0.273. The van der Waals surface area contributed by atoms with Crippen molar-refractivity contribution >= 4 is 16.4 Å². The quantitative estimate of drug-likeness (QED) is 0.847. The van der Waals surface area contributed by atoms with Crippen LogP contribution in [0.15, 0.2) is 36.4 Å². The van der Waals surface area contributed by atoms with E-state index in [-0.39, 0.29) is 12.6 Å². The molecule has 0 amide bonds. The Bertz CT molecular complexity index is 467. The lowest BCUT2D eigenvalue weighted by molar-refractivity contribution is 0.269. The van der Waals surface area contributed by atoms with E-state index in [4.69, 9.17) is 0 Å². The van der Waals surface area contributed by atoms with E-state index < -0.39 is 10.3 Å². The van der Waals surface area contributed by atoms with Crippen LogP contribution in [0.5, 0.6) is 0 Å². The maximum absolute atomic E-state index is 11.1. The van der Waals surface area contributed by atoms with Gasteiger partial charge in [-0.1, -0.05) is 42.5 Å². The second kappa shape index (κ2) is 4.78. The first-order valence-corrected chi connectivity index (χ1v) is 6.46. The van der Waals surface area contributed by atoms with E-state index in [0.717, 1.165) is 5.56 Å². The third-order valence-electron chi connectivity index (χ3n) is 2.28. The molecular weight excluding hydrogens is 226 g/mol. The molecule has 86 valence electrons. The van der Waals surface area contributed by atoms with Crippen LogP contribution in [0, 0.1) is 0 Å². The van der Waals surface area contributed by atoms with Gasteiger partial charge in [-0.05, 0) is 12.0 Å². The fourth-order valence-corrected chi connectivity index (χ4v) is 2.44. The van der Waals surface area contributed by atoms with Gasteiger partial charge in [0.1, 0.15) is 0 Å². The van der Waals surface area contributed by atoms with Gasteiger partial charge in [0.2, 0.25) is 0 Å². The molecule has 1 aromatic rings. The van der Waals surface area contributed by atoms with Crippen molar-refractivity contribution in [2.45, 2.75) is 12.5 Å². The van der Waals surface area contributed by atoms with Gasteiger partial charge in [-0.2, -0.15) is 13.1 Å². The van der Waals surface area contributed by atoms with Crippen molar-refractivity contribution < 1.29 is 12.6 Å². The molecule has 1 saturated heterocycles. The molecule has 1 aliphatic rings. The van der Waals surface area contributed by atoms with Gasteiger partial charge in [0.25, 0.3) is 0 Å². The lowest BCUT2D eigenvalue weighted by Gasteiger charge is -2.20. The Balaban J connectivity index is 2.02. The maximum atomic E-state index is 11.1. The molecule has 0 aliphatic carbocycles. The summed E-state index contributed by atoms with van der Waals surface area (Å²) >= 11 is 0. The van der Waals surface area contributed by atoms with Crippen LogP contribution in [-0.2, 0) is 14.5 Å². The molecule has 0 spiro atoms. The van der Waals surface area contributed by atoms with Crippen molar-refractivity contribution in [2.24, 2.45) is 0 Å². The molecule has 1 aliphatic heterocycles. The molecule has 4 nitrogen and oxygen atoms in total. The normalized spacial score (nSPS) is 24.6. The molecule has 1 N–H and O–H groups in total. The Kier molecular flexibility index (Phi) is 3.38. The number of nitrogens with one attached hydrogen (secondary N) is 1. The van der Waals surface area contributed by atoms with Crippen LogP contribution in [0.1, 0.15) is 12.0 Å². The third-order valence-corrected chi connectivity index (χ3v) is 3.35. The van der Waals surface area contributed by atoms with Crippen LogP contribution in [0.3, 0.4) is 0 Å². The highest BCUT2D eigenvalue weighted by Gasteiger charge is 2.21. The van der Waals surface area contributed by atoms with E-state index in [1.54, 1.807) is 0 Å². The largest absolute Gasteiger partial charge is 0.336 e. The second-order valence-electron chi connectivity index (χ2n) is 3.56. The Morgan fingerprint density at radius 2 is 2.06 bits per heavy atom. The molecule has 0 aromatic heterocycles. The van der Waals surface area contributed by atoms with Crippen LogP contribution >= 0.6 is 0 Å². The van der Waals surface area contributed by atoms with Crippen molar-refractivity contribution in [3.8, 4) is 0 Å². The highest BCUT2D eigenvalue weighted by atomic mass is 32.2. The molecule has 1 aromatic carbocycles. The Morgan fingerprint density at radius 1 is 1.31 bits per heavy atom. The zero-order chi connectivity index (χ0) is 11.4. The van der Waals surface area contributed by atoms with Crippen molar-refractivity contribution in [3.63, 3.8) is 0 Å². The van der Waals surface area contributed by atoms with Crippen LogP contribution in [0.4, 0.5) is 0 Å². The molecule has 2 rings (SSSR count). The van der Waals surface area contributed by atoms with Crippen molar-refractivity contribution in [2.75, 3.05) is 6.61 Å². The maximum Gasteiger partial charge on any atom is 0.336 e. The topological polar surface area (TPSA) is 55.4 Å². The summed E-state index contributed by atoms with van der Waals surface area (Å²) in [6.45, 7) is 0.235. The Hall–Kier alpha value is -1.17. The summed E-state index contributed by atoms with van der Waals surface area (Å²) in [5, 5.41) is 0. The van der Waals surface area contributed by atoms with E-state index in [1.807, 2.05) is 42.5 Å². The smallest absolute Gasteiger partial charge is 0.258 e. The zero-order valence-corrected chi connectivity index (χ0v) is 9.48. The molecule has 1 atom stereocenters. The summed E-state index contributed by atoms with van der Waals surface area (Å²) in [6, 6.07) is 9.56. The van der Waals surface area contributed by atoms with Gasteiger partial charge < -0.3 is 0 Å². The predicted octanol–water partition coefficient (Wildman–Crippen LogP) is 1.32. The summed E-state index contributed by atoms with van der Waals surface area (Å²) in [7, 11) is -3.54. The number of hydrogen-bond acceptors (Lipinski definition) is 3. The first-order chi connectivity index (χ1) is 7.66. The monoisotopic (exact) mass is 239 g/mol. The summed E-state index contributed by atoms with van der Waals surface area (Å²) in [5.74, 6) is 0. The summed E-state index contributed by atoms with van der Waals surface area (Å²) in [5.41, 5.74) is 1.05. The van der Waals surface area contributed by atoms with Gasteiger partial charge in [0.15, 0.2) is 0 Å². The molecule has 0 radical (unpaired) electrons. The summed E-state index contributed by atoms with van der Waals surface area (Å²) in [6.07, 6.45) is 4.40. The predicted molar refractivity (Wildman–Crippen MR) is 61.9 cm³/mol. The zero-order valence-electron chi connectivity index (χ0n) is 8.67. The van der Waals surface area contributed by atoms with E-state index in [0.29, 0.717) is 6.42 Å². The van der Waals surface area contributed by atoms with Crippen molar-refractivity contribution in [1.82, 2.24) is 4.72 Å². The van der Waals surface area contributed by atoms with Gasteiger partial charge >= 0.3 is 10.3 Å². The molecule has 1 heterocycles. The number of benzene rings is 1. The van der Waals surface area contributed by atoms with E-state index in [1.165, 1.54) is 0 Å². The number of hydrogen-bond donors (Lipinski definition) is 1. The molecular formula is C11H13NO3S. The van der Waals surface area contributed by atoms with E-state index in [9.17, 15) is 8.42 Å². The molecule has 0 bridgehead atoms. The third kappa shape index (κ3) is 3.16. The highest BCUT2D eigenvalue weighted by molar-refractivity contribution is 7.84. The standard InChI is InChI=1S/C11H13NO3S/c13-16(14)12-11(8-9-15-16)7-6-10-4-2-1-3-5-10/h1-7,11-12H,8-9H2/b7-6-. The van der Waals surface area contributed by atoms with Crippen molar-refractivity contribution in [1.29, 1.82) is 0 Å². The number of rotatable bonds is 2. The molecule has 16 heavy (non-hydrogen) atoms. The van der Waals surface area contributed by atoms with Crippen molar-refractivity contribution in [3.05, 3.63) is 42.0 Å². The van der Waals surface area contributed by atoms with E-state index in [2.05, 4.69) is 8.91 Å². The Morgan fingerprint density at radius 3 is 2.75 bits per heavy atom. The minimum Gasteiger partial charge on any atom is -0.258 e. The minimum atomic E-state index is -3.54. The Labute approximate surface area is 95.2 Å². The summed E-state index contributed by atoms with van der Waals surface area (Å²) < 4.78 is 29.2. The average molecular weight is 239 g/mol. The van der Waals surface area contributed by atoms with Crippen LogP contribution in [-0.4, -0.2) is 21.1 Å². The average Bonchev–Trinajstić information content (AvgIpc) is 2.27. The minimum absolute atomic E-state index is 0.182. The van der Waals surface area contributed by atoms with Gasteiger partial charge in [-0.15, -0.1) is 0 Å². The first kappa shape index (κ1) is 11.3. The van der Waals surface area contributed by atoms with Gasteiger partial charge in [0.05, 0.1) is 6.61 Å². The lowest BCUT2D eigenvalue weighted by Crippen LogP contribution is -2.40. The van der Waals surface area contributed by atoms with Gasteiger partial charge in [-0.25, -0.2) is 0 Å². The fourth-order valence-electron chi connectivity index (χ4n) is 1.49. The molecule has 0 saturated carbocycles. The second-order valence-corrected chi connectivity index (χ2v) is 4.94. The van der Waals surface area contributed by atoms with Crippen LogP contribution in [0.25, 0.3) is 6.08 Å². The van der Waals surface area contributed by atoms with Crippen LogP contribution < -0.4 is 4.72 Å². The van der Waals surface area contributed by atoms with Gasteiger partial charge in [0, 0.05) is 6.04 Å². The molecule has 5 heteroatoms. The molecule has 1 unspecified atom stereocenters. The van der Waals surface area contributed by atoms with E-state index >= 15 is 0 Å². The SMILES string of the molecule is O=S1(=O)NC(/C=C\c2ccccc2)CCO1. The van der Waals surface area contributed by atoms with Gasteiger partial charge in [-0.3, -0.25) is 4.18 Å².